The Morgan fingerprint density at radius 3 is 2.41 bits per heavy atom. The molecule has 1 aromatic rings. The van der Waals surface area contributed by atoms with Gasteiger partial charge in [-0.3, -0.25) is 0 Å². The van der Waals surface area contributed by atoms with Crippen LogP contribution in [0.25, 0.3) is 0 Å². The molecule has 2 heteroatoms. The highest BCUT2D eigenvalue weighted by molar-refractivity contribution is 5.35. The zero-order valence-corrected chi connectivity index (χ0v) is 10.2. The lowest BCUT2D eigenvalue weighted by atomic mass is 9.67. The quantitative estimate of drug-likeness (QED) is 0.819. The monoisotopic (exact) mass is 230 g/mol. The van der Waals surface area contributed by atoms with Crippen molar-refractivity contribution in [3.05, 3.63) is 59.9 Å². The van der Waals surface area contributed by atoms with Crippen LogP contribution >= 0.6 is 0 Å². The molecule has 17 heavy (non-hydrogen) atoms. The Hall–Kier alpha value is -1.54. The summed E-state index contributed by atoms with van der Waals surface area (Å²) in [5, 5.41) is 20.3. The van der Waals surface area contributed by atoms with Crippen LogP contribution in [-0.4, -0.2) is 15.8 Å². The molecule has 0 saturated carbocycles. The lowest BCUT2D eigenvalue weighted by molar-refractivity contribution is 0.0187. The molecular weight excluding hydrogens is 212 g/mol. The Kier molecular flexibility index (Phi) is 2.84. The maximum absolute atomic E-state index is 10.7. The first-order valence-electron chi connectivity index (χ1n) is 5.82. The van der Waals surface area contributed by atoms with E-state index in [9.17, 15) is 10.2 Å². The molecule has 0 aliphatic heterocycles. The second-order valence-corrected chi connectivity index (χ2v) is 5.09. The third-order valence-corrected chi connectivity index (χ3v) is 3.68. The Bertz CT molecular complexity index is 457. The maximum Gasteiger partial charge on any atom is 0.114 e. The van der Waals surface area contributed by atoms with Crippen LogP contribution in [0.15, 0.2) is 54.3 Å². The first-order valence-corrected chi connectivity index (χ1v) is 5.82. The van der Waals surface area contributed by atoms with Gasteiger partial charge in [-0.05, 0) is 24.1 Å². The van der Waals surface area contributed by atoms with Gasteiger partial charge in [0.2, 0.25) is 0 Å². The van der Waals surface area contributed by atoms with Crippen molar-refractivity contribution in [1.29, 1.82) is 0 Å². The van der Waals surface area contributed by atoms with Gasteiger partial charge in [-0.25, -0.2) is 0 Å². The van der Waals surface area contributed by atoms with Crippen molar-refractivity contribution >= 4 is 0 Å². The number of hydrogen-bond acceptors (Lipinski definition) is 2. The van der Waals surface area contributed by atoms with E-state index in [1.165, 1.54) is 0 Å². The van der Waals surface area contributed by atoms with Crippen molar-refractivity contribution in [2.75, 3.05) is 0 Å². The number of aliphatic hydroxyl groups excluding tert-OH is 1. The molecule has 1 atom stereocenters. The van der Waals surface area contributed by atoms with Crippen LogP contribution in [0.4, 0.5) is 0 Å². The number of hydrogen-bond donors (Lipinski definition) is 2. The van der Waals surface area contributed by atoms with Crippen LogP contribution in [-0.2, 0) is 5.41 Å². The van der Waals surface area contributed by atoms with Crippen LogP contribution in [0.3, 0.4) is 0 Å². The molecule has 1 aliphatic carbocycles. The van der Waals surface area contributed by atoms with Gasteiger partial charge in [-0.2, -0.15) is 0 Å². The first-order chi connectivity index (χ1) is 7.96. The summed E-state index contributed by atoms with van der Waals surface area (Å²) >= 11 is 0. The normalized spacial score (nSPS) is 24.5. The summed E-state index contributed by atoms with van der Waals surface area (Å²) in [6, 6.07) is 9.88. The molecule has 0 bridgehead atoms. The smallest absolute Gasteiger partial charge is 0.114 e. The highest BCUT2D eigenvalue weighted by Crippen LogP contribution is 2.40. The van der Waals surface area contributed by atoms with Crippen molar-refractivity contribution in [1.82, 2.24) is 0 Å². The lowest BCUT2D eigenvalue weighted by Gasteiger charge is -2.41. The van der Waals surface area contributed by atoms with E-state index >= 15 is 0 Å². The fraction of sp³-hybridized carbons (Fsp3) is 0.333. The summed E-state index contributed by atoms with van der Waals surface area (Å²) in [4.78, 5) is 0. The molecule has 0 fully saturated rings. The summed E-state index contributed by atoms with van der Waals surface area (Å²) in [6.07, 6.45) is 5.48. The molecule has 2 nitrogen and oxygen atoms in total. The van der Waals surface area contributed by atoms with Crippen LogP contribution in [0.5, 0.6) is 0 Å². The molecule has 2 N–H and O–H groups in total. The minimum absolute atomic E-state index is 0.128. The van der Waals surface area contributed by atoms with Gasteiger partial charge in [-0.1, -0.05) is 50.3 Å². The third kappa shape index (κ3) is 2.01. The van der Waals surface area contributed by atoms with Gasteiger partial charge < -0.3 is 10.2 Å². The van der Waals surface area contributed by atoms with Crippen molar-refractivity contribution < 1.29 is 10.2 Å². The molecule has 0 aromatic heterocycles. The van der Waals surface area contributed by atoms with E-state index in [0.717, 1.165) is 5.56 Å². The topological polar surface area (TPSA) is 40.5 Å². The highest BCUT2D eigenvalue weighted by atomic mass is 16.3. The van der Waals surface area contributed by atoms with E-state index in [1.807, 2.05) is 44.2 Å². The molecule has 0 radical (unpaired) electrons. The van der Waals surface area contributed by atoms with E-state index in [2.05, 4.69) is 0 Å². The fourth-order valence-corrected chi connectivity index (χ4v) is 2.25. The van der Waals surface area contributed by atoms with Crippen molar-refractivity contribution in [3.8, 4) is 0 Å². The van der Waals surface area contributed by atoms with Crippen molar-refractivity contribution in [3.63, 3.8) is 0 Å². The van der Waals surface area contributed by atoms with Crippen LogP contribution in [0.1, 0.15) is 25.8 Å². The molecule has 90 valence electrons. The van der Waals surface area contributed by atoms with Gasteiger partial charge in [0.25, 0.3) is 0 Å². The average molecular weight is 230 g/mol. The van der Waals surface area contributed by atoms with Gasteiger partial charge in [0.15, 0.2) is 0 Å². The predicted molar refractivity (Wildman–Crippen MR) is 68.9 cm³/mol. The summed E-state index contributed by atoms with van der Waals surface area (Å²) in [5.41, 5.74) is -0.443. The Morgan fingerprint density at radius 1 is 1.18 bits per heavy atom. The average Bonchev–Trinajstić information content (AvgIpc) is 2.29. The Balaban J connectivity index is 2.42. The second kappa shape index (κ2) is 4.04. The SMILES string of the molecule is CC(C)(c1ccccc1)C1(O)C=C(O)C=CC1. The molecule has 0 spiro atoms. The molecule has 0 saturated heterocycles. The summed E-state index contributed by atoms with van der Waals surface area (Å²) < 4.78 is 0. The summed E-state index contributed by atoms with van der Waals surface area (Å²) in [5.74, 6) is 0.128. The molecule has 0 amide bonds. The highest BCUT2D eigenvalue weighted by Gasteiger charge is 2.43. The van der Waals surface area contributed by atoms with Gasteiger partial charge in [-0.15, -0.1) is 0 Å². The van der Waals surface area contributed by atoms with E-state index < -0.39 is 11.0 Å². The van der Waals surface area contributed by atoms with E-state index in [-0.39, 0.29) is 5.76 Å². The molecule has 1 unspecified atom stereocenters. The van der Waals surface area contributed by atoms with Crippen molar-refractivity contribution in [2.45, 2.75) is 31.3 Å². The Morgan fingerprint density at radius 2 is 1.82 bits per heavy atom. The van der Waals surface area contributed by atoms with Crippen LogP contribution < -0.4 is 0 Å². The maximum atomic E-state index is 10.7. The zero-order valence-electron chi connectivity index (χ0n) is 10.2. The fourth-order valence-electron chi connectivity index (χ4n) is 2.25. The van der Waals surface area contributed by atoms with Crippen molar-refractivity contribution in [2.24, 2.45) is 0 Å². The first kappa shape index (κ1) is 11.9. The lowest BCUT2D eigenvalue weighted by Crippen LogP contribution is -2.47. The van der Waals surface area contributed by atoms with Crippen LogP contribution in [0, 0.1) is 0 Å². The molecule has 0 heterocycles. The summed E-state index contributed by atoms with van der Waals surface area (Å²) in [6.45, 7) is 3.98. The van der Waals surface area contributed by atoms with E-state index in [1.54, 1.807) is 18.2 Å². The molecule has 1 aromatic carbocycles. The van der Waals surface area contributed by atoms with E-state index in [0.29, 0.717) is 6.42 Å². The molecule has 1 aliphatic rings. The van der Waals surface area contributed by atoms with Crippen LogP contribution in [0.2, 0.25) is 0 Å². The molecular formula is C15H18O2. The van der Waals surface area contributed by atoms with Gasteiger partial charge >= 0.3 is 0 Å². The summed E-state index contributed by atoms with van der Waals surface area (Å²) in [7, 11) is 0. The zero-order chi connectivity index (χ0) is 12.5. The minimum Gasteiger partial charge on any atom is -0.508 e. The number of rotatable bonds is 2. The second-order valence-electron chi connectivity index (χ2n) is 5.09. The standard InChI is InChI=1S/C15H18O2/c1-14(2,12-7-4-3-5-8-12)15(17)10-6-9-13(16)11-15/h3-9,11,16-17H,10H2,1-2H3. The predicted octanol–water partition coefficient (Wildman–Crippen LogP) is 3.10. The van der Waals surface area contributed by atoms with Gasteiger partial charge in [0.1, 0.15) is 5.76 Å². The minimum atomic E-state index is -1.05. The van der Waals surface area contributed by atoms with Gasteiger partial charge in [0.05, 0.1) is 5.60 Å². The Labute approximate surface area is 102 Å². The number of allylic oxidation sites excluding steroid dienone is 1. The molecule has 2 rings (SSSR count). The number of benzene rings is 1. The largest absolute Gasteiger partial charge is 0.508 e. The number of aliphatic hydroxyl groups is 2. The van der Waals surface area contributed by atoms with Gasteiger partial charge in [0, 0.05) is 5.41 Å². The third-order valence-electron chi connectivity index (χ3n) is 3.68. The van der Waals surface area contributed by atoms with E-state index in [4.69, 9.17) is 0 Å².